The molecule has 0 aliphatic rings. The monoisotopic (exact) mass is 486 g/mol. The first-order chi connectivity index (χ1) is 17.5. The molecule has 0 radical (unpaired) electrons. The Morgan fingerprint density at radius 3 is 2.19 bits per heavy atom. The lowest BCUT2D eigenvalue weighted by Gasteiger charge is -2.18. The molecule has 4 rings (SSSR count). The Morgan fingerprint density at radius 2 is 1.53 bits per heavy atom. The summed E-state index contributed by atoms with van der Waals surface area (Å²) in [5.41, 5.74) is 4.24. The average molecular weight is 487 g/mol. The molecule has 4 aromatic rings. The molecule has 0 unspecified atom stereocenters. The van der Waals surface area contributed by atoms with Crippen molar-refractivity contribution in [3.63, 3.8) is 0 Å². The highest BCUT2D eigenvalue weighted by molar-refractivity contribution is 6.05. The van der Waals surface area contributed by atoms with Crippen LogP contribution in [0.4, 0.5) is 11.4 Å². The van der Waals surface area contributed by atoms with Crippen LogP contribution < -0.4 is 20.1 Å². The summed E-state index contributed by atoms with van der Waals surface area (Å²) in [5, 5.41) is 5.84. The van der Waals surface area contributed by atoms with E-state index in [4.69, 9.17) is 9.47 Å². The number of nitrogens with zero attached hydrogens (tertiary/aromatic N) is 2. The number of aryl methyl sites for hydroxylation is 2. The molecule has 0 aliphatic heterocycles. The molecule has 2 aromatic heterocycles. The van der Waals surface area contributed by atoms with Crippen molar-refractivity contribution in [2.45, 2.75) is 33.6 Å². The van der Waals surface area contributed by atoms with Crippen LogP contribution in [0, 0.1) is 6.92 Å². The van der Waals surface area contributed by atoms with Crippen molar-refractivity contribution in [2.24, 2.45) is 0 Å². The van der Waals surface area contributed by atoms with E-state index in [0.29, 0.717) is 48.1 Å². The first kappa shape index (κ1) is 24.8. The zero-order valence-electron chi connectivity index (χ0n) is 20.7. The van der Waals surface area contributed by atoms with Crippen molar-refractivity contribution in [1.82, 2.24) is 9.38 Å². The highest BCUT2D eigenvalue weighted by Gasteiger charge is 2.18. The number of imidazole rings is 1. The normalized spacial score (nSPS) is 10.8. The summed E-state index contributed by atoms with van der Waals surface area (Å²) in [7, 11) is 0. The molecule has 2 heterocycles. The lowest BCUT2D eigenvalue weighted by Crippen LogP contribution is -2.16. The summed E-state index contributed by atoms with van der Waals surface area (Å²) < 4.78 is 13.6. The fraction of sp³-hybridized carbons (Fsp3) is 0.250. The van der Waals surface area contributed by atoms with Gasteiger partial charge in [0.15, 0.2) is 0 Å². The van der Waals surface area contributed by atoms with E-state index >= 15 is 0 Å². The number of carbonyl (C=O) groups is 2. The summed E-state index contributed by atoms with van der Waals surface area (Å²) in [6.45, 7) is 6.45. The predicted molar refractivity (Wildman–Crippen MR) is 140 cm³/mol. The van der Waals surface area contributed by atoms with Gasteiger partial charge >= 0.3 is 0 Å². The number of nitrogens with one attached hydrogen (secondary N) is 2. The molecule has 0 fully saturated rings. The van der Waals surface area contributed by atoms with E-state index in [-0.39, 0.29) is 18.2 Å². The van der Waals surface area contributed by atoms with E-state index in [1.165, 1.54) is 0 Å². The van der Waals surface area contributed by atoms with Crippen LogP contribution in [0.15, 0.2) is 66.9 Å². The summed E-state index contributed by atoms with van der Waals surface area (Å²) >= 11 is 0. The number of fused-ring (bicyclic) bond motifs is 1. The van der Waals surface area contributed by atoms with Crippen molar-refractivity contribution < 1.29 is 19.1 Å². The molecule has 0 saturated carbocycles. The van der Waals surface area contributed by atoms with Crippen LogP contribution in [0.25, 0.3) is 5.65 Å². The number of pyridine rings is 1. The van der Waals surface area contributed by atoms with Gasteiger partial charge in [-0.2, -0.15) is 0 Å². The molecule has 36 heavy (non-hydrogen) atoms. The van der Waals surface area contributed by atoms with Crippen LogP contribution in [-0.4, -0.2) is 34.4 Å². The Balaban J connectivity index is 1.53. The second-order valence-corrected chi connectivity index (χ2v) is 8.15. The molecule has 2 aromatic carbocycles. The van der Waals surface area contributed by atoms with Gasteiger partial charge in [-0.25, -0.2) is 4.98 Å². The molecule has 0 bridgehead atoms. The first-order valence-electron chi connectivity index (χ1n) is 12.0. The number of benzene rings is 2. The Hall–Kier alpha value is -4.33. The van der Waals surface area contributed by atoms with Gasteiger partial charge in [-0.3, -0.25) is 9.59 Å². The van der Waals surface area contributed by atoms with Crippen LogP contribution >= 0.6 is 0 Å². The molecule has 0 saturated heterocycles. The highest BCUT2D eigenvalue weighted by Crippen LogP contribution is 2.37. The zero-order chi connectivity index (χ0) is 25.5. The van der Waals surface area contributed by atoms with Crippen molar-refractivity contribution in [2.75, 3.05) is 23.8 Å². The van der Waals surface area contributed by atoms with Crippen molar-refractivity contribution in [3.05, 3.63) is 83.8 Å². The lowest BCUT2D eigenvalue weighted by atomic mass is 10.1. The Kier molecular flexibility index (Phi) is 7.85. The van der Waals surface area contributed by atoms with Gasteiger partial charge in [0.2, 0.25) is 5.91 Å². The molecule has 0 atom stereocenters. The number of ether oxygens (including phenoxy) is 2. The minimum atomic E-state index is -0.265. The lowest BCUT2D eigenvalue weighted by molar-refractivity contribution is -0.116. The van der Waals surface area contributed by atoms with Gasteiger partial charge in [0.1, 0.15) is 17.1 Å². The highest BCUT2D eigenvalue weighted by atomic mass is 16.5. The molecular formula is C28H30N4O4. The molecule has 8 nitrogen and oxygen atoms in total. The van der Waals surface area contributed by atoms with Crippen LogP contribution in [0.3, 0.4) is 0 Å². The van der Waals surface area contributed by atoms with Crippen molar-refractivity contribution >= 4 is 28.8 Å². The number of anilines is 2. The van der Waals surface area contributed by atoms with E-state index in [1.54, 1.807) is 36.4 Å². The second kappa shape index (κ2) is 11.4. The Bertz CT molecular complexity index is 1360. The summed E-state index contributed by atoms with van der Waals surface area (Å²) in [6, 6.07) is 18.1. The Morgan fingerprint density at radius 1 is 0.889 bits per heavy atom. The standard InChI is InChI=1S/C28H30N4O4/c1-4-35-24-18-22(31-28(34)20-11-7-6-8-12-20)25(36-5-2)17-21(24)30-27(33)15-14-23-19(3)29-26-13-9-10-16-32(23)26/h6-13,16-18H,4-5,14-15H2,1-3H3,(H,30,33)(H,31,34). The molecule has 0 aliphatic carbocycles. The molecular weight excluding hydrogens is 456 g/mol. The van der Waals surface area contributed by atoms with Gasteiger partial charge in [-0.05, 0) is 51.5 Å². The van der Waals surface area contributed by atoms with E-state index in [0.717, 1.165) is 17.0 Å². The summed E-state index contributed by atoms with van der Waals surface area (Å²) in [6.07, 6.45) is 2.76. The van der Waals surface area contributed by atoms with E-state index in [1.807, 2.05) is 55.6 Å². The minimum Gasteiger partial charge on any atom is -0.492 e. The van der Waals surface area contributed by atoms with Crippen LogP contribution in [0.1, 0.15) is 42.0 Å². The smallest absolute Gasteiger partial charge is 0.255 e. The summed E-state index contributed by atoms with van der Waals surface area (Å²) in [5.74, 6) is 0.464. The van der Waals surface area contributed by atoms with Gasteiger partial charge in [0, 0.05) is 36.0 Å². The van der Waals surface area contributed by atoms with E-state index in [2.05, 4.69) is 15.6 Å². The molecule has 2 amide bonds. The second-order valence-electron chi connectivity index (χ2n) is 8.15. The maximum atomic E-state index is 12.9. The number of hydrogen-bond donors (Lipinski definition) is 2. The summed E-state index contributed by atoms with van der Waals surface area (Å²) in [4.78, 5) is 30.2. The first-order valence-corrected chi connectivity index (χ1v) is 12.0. The van der Waals surface area contributed by atoms with Crippen LogP contribution in [-0.2, 0) is 11.2 Å². The van der Waals surface area contributed by atoms with Gasteiger partial charge in [-0.15, -0.1) is 0 Å². The third kappa shape index (κ3) is 5.66. The fourth-order valence-corrected chi connectivity index (χ4v) is 4.00. The minimum absolute atomic E-state index is 0.162. The largest absolute Gasteiger partial charge is 0.492 e. The zero-order valence-corrected chi connectivity index (χ0v) is 20.7. The third-order valence-corrected chi connectivity index (χ3v) is 5.66. The van der Waals surface area contributed by atoms with Crippen LogP contribution in [0.5, 0.6) is 11.5 Å². The maximum Gasteiger partial charge on any atom is 0.255 e. The molecule has 8 heteroatoms. The molecule has 0 spiro atoms. The number of carbonyl (C=O) groups excluding carboxylic acids is 2. The average Bonchev–Trinajstić information content (AvgIpc) is 3.20. The molecule has 186 valence electrons. The SMILES string of the molecule is CCOc1cc(NC(=O)c2ccccc2)c(OCC)cc1NC(=O)CCc1c(C)nc2ccccn12. The van der Waals surface area contributed by atoms with Gasteiger partial charge in [0.05, 0.1) is 30.3 Å². The van der Waals surface area contributed by atoms with E-state index in [9.17, 15) is 9.59 Å². The van der Waals surface area contributed by atoms with Gasteiger partial charge in [0.25, 0.3) is 5.91 Å². The quantitative estimate of drug-likeness (QED) is 0.319. The van der Waals surface area contributed by atoms with Gasteiger partial charge < -0.3 is 24.5 Å². The fourth-order valence-electron chi connectivity index (χ4n) is 4.00. The van der Waals surface area contributed by atoms with E-state index < -0.39 is 0 Å². The predicted octanol–water partition coefficient (Wildman–Crippen LogP) is 5.26. The number of hydrogen-bond acceptors (Lipinski definition) is 5. The van der Waals surface area contributed by atoms with Crippen molar-refractivity contribution in [3.8, 4) is 11.5 Å². The Labute approximate surface area is 210 Å². The van der Waals surface area contributed by atoms with Crippen molar-refractivity contribution in [1.29, 1.82) is 0 Å². The molecule has 2 N–H and O–H groups in total. The number of aromatic nitrogens is 2. The van der Waals surface area contributed by atoms with Gasteiger partial charge in [-0.1, -0.05) is 24.3 Å². The number of amides is 2. The maximum absolute atomic E-state index is 12.9. The number of rotatable bonds is 10. The third-order valence-electron chi connectivity index (χ3n) is 5.66. The topological polar surface area (TPSA) is 94.0 Å². The van der Waals surface area contributed by atoms with Crippen LogP contribution in [0.2, 0.25) is 0 Å².